The fraction of sp³-hybridized carbons (Fsp3) is 0.500. The monoisotopic (exact) mass is 237 g/mol. The Bertz CT molecular complexity index is 310. The summed E-state index contributed by atoms with van der Waals surface area (Å²) in [6, 6.07) is 7.27. The molecule has 0 aromatic heterocycles. The molecule has 1 saturated heterocycles. The van der Waals surface area contributed by atoms with Gasteiger partial charge in [0.2, 0.25) is 0 Å². The van der Waals surface area contributed by atoms with E-state index >= 15 is 0 Å². The maximum absolute atomic E-state index is 8.95. The predicted octanol–water partition coefficient (Wildman–Crippen LogP) is 0.229. The first-order chi connectivity index (χ1) is 8.27. The van der Waals surface area contributed by atoms with Crippen LogP contribution < -0.4 is 10.4 Å². The van der Waals surface area contributed by atoms with Crippen molar-refractivity contribution >= 4 is 18.3 Å². The van der Waals surface area contributed by atoms with Gasteiger partial charge in [0.05, 0.1) is 13.2 Å². The Hall–Kier alpha value is -1.04. The van der Waals surface area contributed by atoms with E-state index in [0.29, 0.717) is 5.46 Å². The Kier molecular flexibility index (Phi) is 6.04. The highest BCUT2D eigenvalue weighted by Gasteiger charge is 2.13. The number of morpholine rings is 1. The molecule has 0 spiro atoms. The summed E-state index contributed by atoms with van der Waals surface area (Å²) in [6.07, 6.45) is 0. The van der Waals surface area contributed by atoms with Crippen LogP contribution in [0.3, 0.4) is 0 Å². The van der Waals surface area contributed by atoms with Crippen LogP contribution in [-0.2, 0) is 4.74 Å². The first kappa shape index (κ1) is 14.0. The van der Waals surface area contributed by atoms with Crippen molar-refractivity contribution in [3.8, 4) is 0 Å². The van der Waals surface area contributed by atoms with Crippen LogP contribution in [0.4, 0.5) is 5.69 Å². The summed E-state index contributed by atoms with van der Waals surface area (Å²) < 4.78 is 5.26. The summed E-state index contributed by atoms with van der Waals surface area (Å²) in [6.45, 7) is 7.29. The molecule has 0 amide bonds. The second kappa shape index (κ2) is 7.32. The van der Waals surface area contributed by atoms with Crippen molar-refractivity contribution in [2.45, 2.75) is 13.8 Å². The third-order valence-corrected chi connectivity index (χ3v) is 2.57. The van der Waals surface area contributed by atoms with E-state index in [9.17, 15) is 0 Å². The predicted molar refractivity (Wildman–Crippen MR) is 70.6 cm³/mol. The van der Waals surface area contributed by atoms with Crippen LogP contribution in [0, 0.1) is 0 Å². The molecule has 1 aliphatic heterocycles. The molecule has 1 heterocycles. The minimum absolute atomic E-state index is 0.520. The quantitative estimate of drug-likeness (QED) is 0.723. The van der Waals surface area contributed by atoms with E-state index in [2.05, 4.69) is 4.90 Å². The SMILES string of the molecule is CC.OB(O)c1ccc(N2CCOCC2)cc1. The van der Waals surface area contributed by atoms with Gasteiger partial charge in [-0.05, 0) is 17.6 Å². The fourth-order valence-corrected chi connectivity index (χ4v) is 1.68. The van der Waals surface area contributed by atoms with Gasteiger partial charge in [-0.2, -0.15) is 0 Å². The normalized spacial score (nSPS) is 14.9. The first-order valence-corrected chi connectivity index (χ1v) is 6.06. The number of benzene rings is 1. The molecule has 1 aromatic rings. The number of anilines is 1. The van der Waals surface area contributed by atoms with Crippen molar-refractivity contribution in [1.29, 1.82) is 0 Å². The molecule has 0 bridgehead atoms. The summed E-state index contributed by atoms with van der Waals surface area (Å²) in [4.78, 5) is 2.22. The zero-order valence-electron chi connectivity index (χ0n) is 10.5. The van der Waals surface area contributed by atoms with Gasteiger partial charge in [0, 0.05) is 18.8 Å². The number of hydrogen-bond acceptors (Lipinski definition) is 4. The van der Waals surface area contributed by atoms with Gasteiger partial charge in [-0.3, -0.25) is 0 Å². The van der Waals surface area contributed by atoms with E-state index in [4.69, 9.17) is 14.8 Å². The van der Waals surface area contributed by atoms with E-state index in [1.165, 1.54) is 0 Å². The van der Waals surface area contributed by atoms with Crippen molar-refractivity contribution in [3.05, 3.63) is 24.3 Å². The summed E-state index contributed by atoms with van der Waals surface area (Å²) in [5, 5.41) is 17.9. The summed E-state index contributed by atoms with van der Waals surface area (Å²) in [5.74, 6) is 0. The maximum Gasteiger partial charge on any atom is 0.488 e. The van der Waals surface area contributed by atoms with Crippen LogP contribution in [0.2, 0.25) is 0 Å². The number of rotatable bonds is 2. The topological polar surface area (TPSA) is 52.9 Å². The highest BCUT2D eigenvalue weighted by molar-refractivity contribution is 6.58. The molecule has 4 nitrogen and oxygen atoms in total. The minimum atomic E-state index is -1.39. The zero-order chi connectivity index (χ0) is 12.7. The van der Waals surface area contributed by atoms with E-state index in [1.54, 1.807) is 12.1 Å². The zero-order valence-corrected chi connectivity index (χ0v) is 10.5. The Morgan fingerprint density at radius 2 is 1.59 bits per heavy atom. The lowest BCUT2D eigenvalue weighted by Gasteiger charge is -2.28. The molecule has 17 heavy (non-hydrogen) atoms. The van der Waals surface area contributed by atoms with Crippen molar-refractivity contribution in [2.24, 2.45) is 0 Å². The molecule has 0 radical (unpaired) electrons. The van der Waals surface area contributed by atoms with Crippen LogP contribution >= 0.6 is 0 Å². The van der Waals surface area contributed by atoms with Crippen LogP contribution in [0.5, 0.6) is 0 Å². The van der Waals surface area contributed by atoms with Crippen LogP contribution in [-0.4, -0.2) is 43.5 Å². The van der Waals surface area contributed by atoms with Crippen LogP contribution in [0.25, 0.3) is 0 Å². The average molecular weight is 237 g/mol. The molecule has 1 aromatic carbocycles. The number of ether oxygens (including phenoxy) is 1. The van der Waals surface area contributed by atoms with Gasteiger partial charge >= 0.3 is 7.12 Å². The molecule has 0 aliphatic carbocycles. The fourth-order valence-electron chi connectivity index (χ4n) is 1.68. The molecular weight excluding hydrogens is 217 g/mol. The van der Waals surface area contributed by atoms with Crippen molar-refractivity contribution in [2.75, 3.05) is 31.2 Å². The molecule has 1 aliphatic rings. The number of hydrogen-bond donors (Lipinski definition) is 2. The standard InChI is InChI=1S/C10H14BNO3.C2H6/c13-11(14)9-1-3-10(4-2-9)12-5-7-15-8-6-12;1-2/h1-4,13-14H,5-8H2;1-2H3. The highest BCUT2D eigenvalue weighted by Crippen LogP contribution is 2.13. The summed E-state index contributed by atoms with van der Waals surface area (Å²) in [5.41, 5.74) is 1.62. The van der Waals surface area contributed by atoms with Crippen molar-refractivity contribution in [3.63, 3.8) is 0 Å². The van der Waals surface area contributed by atoms with Crippen LogP contribution in [0.15, 0.2) is 24.3 Å². The van der Waals surface area contributed by atoms with Gasteiger partial charge in [-0.25, -0.2) is 0 Å². The van der Waals surface area contributed by atoms with E-state index in [1.807, 2.05) is 26.0 Å². The lowest BCUT2D eigenvalue weighted by Crippen LogP contribution is -2.36. The Labute approximate surface area is 103 Å². The van der Waals surface area contributed by atoms with Crippen LogP contribution in [0.1, 0.15) is 13.8 Å². The minimum Gasteiger partial charge on any atom is -0.423 e. The smallest absolute Gasteiger partial charge is 0.423 e. The van der Waals surface area contributed by atoms with Gasteiger partial charge in [-0.1, -0.05) is 26.0 Å². The molecule has 2 rings (SSSR count). The average Bonchev–Trinajstić information content (AvgIpc) is 2.42. The molecule has 0 unspecified atom stereocenters. The maximum atomic E-state index is 8.95. The van der Waals surface area contributed by atoms with Crippen molar-refractivity contribution < 1.29 is 14.8 Å². The van der Waals surface area contributed by atoms with Gasteiger partial charge in [0.25, 0.3) is 0 Å². The van der Waals surface area contributed by atoms with Gasteiger partial charge in [-0.15, -0.1) is 0 Å². The Morgan fingerprint density at radius 1 is 1.06 bits per heavy atom. The lowest BCUT2D eigenvalue weighted by atomic mass is 9.80. The summed E-state index contributed by atoms with van der Waals surface area (Å²) >= 11 is 0. The molecule has 2 N–H and O–H groups in total. The van der Waals surface area contributed by atoms with E-state index < -0.39 is 7.12 Å². The largest absolute Gasteiger partial charge is 0.488 e. The highest BCUT2D eigenvalue weighted by atomic mass is 16.5. The first-order valence-electron chi connectivity index (χ1n) is 6.06. The molecule has 5 heteroatoms. The summed E-state index contributed by atoms with van der Waals surface area (Å²) in [7, 11) is -1.39. The third-order valence-electron chi connectivity index (χ3n) is 2.57. The molecular formula is C12H20BNO3. The molecule has 0 atom stereocenters. The molecule has 94 valence electrons. The Balaban J connectivity index is 0.000000686. The molecule has 0 saturated carbocycles. The van der Waals surface area contributed by atoms with Gasteiger partial charge in [0.15, 0.2) is 0 Å². The van der Waals surface area contributed by atoms with E-state index in [0.717, 1.165) is 32.0 Å². The lowest BCUT2D eigenvalue weighted by molar-refractivity contribution is 0.122. The molecule has 1 fully saturated rings. The van der Waals surface area contributed by atoms with Gasteiger partial charge < -0.3 is 19.7 Å². The number of nitrogens with zero attached hydrogens (tertiary/aromatic N) is 1. The second-order valence-corrected chi connectivity index (χ2v) is 3.56. The van der Waals surface area contributed by atoms with E-state index in [-0.39, 0.29) is 0 Å². The third kappa shape index (κ3) is 4.04. The van der Waals surface area contributed by atoms with Crippen molar-refractivity contribution in [1.82, 2.24) is 0 Å². The second-order valence-electron chi connectivity index (χ2n) is 3.56. The van der Waals surface area contributed by atoms with Gasteiger partial charge in [0.1, 0.15) is 0 Å². The Morgan fingerprint density at radius 3 is 2.06 bits per heavy atom.